The van der Waals surface area contributed by atoms with Gasteiger partial charge < -0.3 is 15.7 Å². The first-order chi connectivity index (χ1) is 5.93. The Hall–Kier alpha value is -0.610. The number of carbonyl (C=O) groups excluding carboxylic acids is 1. The molecule has 13 heavy (non-hydrogen) atoms. The average Bonchev–Trinajstić information content (AvgIpc) is 2.12. The number of amides is 1. The van der Waals surface area contributed by atoms with Crippen LogP contribution in [0.3, 0.4) is 0 Å². The molecule has 76 valence electrons. The Morgan fingerprint density at radius 3 is 2.77 bits per heavy atom. The monoisotopic (exact) mass is 186 g/mol. The summed E-state index contributed by atoms with van der Waals surface area (Å²) in [5, 5.41) is 15.5. The van der Waals surface area contributed by atoms with E-state index in [1.165, 1.54) is 6.92 Å². The van der Waals surface area contributed by atoms with Gasteiger partial charge in [-0.1, -0.05) is 13.8 Å². The van der Waals surface area contributed by atoms with Gasteiger partial charge in [0.05, 0.1) is 0 Å². The van der Waals surface area contributed by atoms with E-state index >= 15 is 0 Å². The molecule has 1 saturated heterocycles. The number of rotatable bonds is 1. The van der Waals surface area contributed by atoms with Crippen LogP contribution < -0.4 is 10.6 Å². The molecule has 0 aromatic rings. The maximum absolute atomic E-state index is 11.4. The van der Waals surface area contributed by atoms with Crippen LogP contribution in [0.5, 0.6) is 0 Å². The summed E-state index contributed by atoms with van der Waals surface area (Å²) in [6.07, 6.45) is 0. The third-order valence-electron chi connectivity index (χ3n) is 2.44. The van der Waals surface area contributed by atoms with Gasteiger partial charge in [-0.05, 0) is 12.8 Å². The van der Waals surface area contributed by atoms with Gasteiger partial charge in [-0.2, -0.15) is 0 Å². The van der Waals surface area contributed by atoms with Gasteiger partial charge in [-0.15, -0.1) is 0 Å². The summed E-state index contributed by atoms with van der Waals surface area (Å²) in [5.41, 5.74) is -1.27. The zero-order valence-electron chi connectivity index (χ0n) is 8.42. The minimum absolute atomic E-state index is 0.112. The van der Waals surface area contributed by atoms with Crippen molar-refractivity contribution in [2.24, 2.45) is 5.92 Å². The quantitative estimate of drug-likeness (QED) is 0.516. The first kappa shape index (κ1) is 10.5. The fourth-order valence-corrected chi connectivity index (χ4v) is 1.33. The van der Waals surface area contributed by atoms with E-state index in [1.807, 2.05) is 13.8 Å². The summed E-state index contributed by atoms with van der Waals surface area (Å²) in [6, 6.07) is 0.112. The first-order valence-corrected chi connectivity index (χ1v) is 4.67. The highest BCUT2D eigenvalue weighted by Gasteiger charge is 2.34. The third-order valence-corrected chi connectivity index (χ3v) is 2.44. The molecule has 2 atom stereocenters. The van der Waals surface area contributed by atoms with E-state index in [0.717, 1.165) is 6.54 Å². The van der Waals surface area contributed by atoms with Gasteiger partial charge in [-0.25, -0.2) is 0 Å². The van der Waals surface area contributed by atoms with Gasteiger partial charge in [0.2, 0.25) is 0 Å². The van der Waals surface area contributed by atoms with Crippen molar-refractivity contribution in [2.45, 2.75) is 32.4 Å². The molecule has 1 heterocycles. The summed E-state index contributed by atoms with van der Waals surface area (Å²) in [4.78, 5) is 11.4. The molecule has 4 heteroatoms. The van der Waals surface area contributed by atoms with Crippen molar-refractivity contribution in [3.8, 4) is 0 Å². The molecule has 1 aliphatic rings. The Bertz CT molecular complexity index is 202. The molecule has 1 aliphatic heterocycles. The standard InChI is InChI=1S/C9H18N2O2/c1-6(2)7-4-10-5-9(3,13)8(12)11-7/h6-7,10,13H,4-5H2,1-3H3,(H,11,12)/t7-,9-/m1/s1. The molecule has 1 fully saturated rings. The van der Waals surface area contributed by atoms with E-state index in [0.29, 0.717) is 12.5 Å². The lowest BCUT2D eigenvalue weighted by atomic mass is 10.0. The zero-order chi connectivity index (χ0) is 10.1. The molecule has 4 nitrogen and oxygen atoms in total. The van der Waals surface area contributed by atoms with Crippen LogP contribution in [0.15, 0.2) is 0 Å². The van der Waals surface area contributed by atoms with Crippen LogP contribution in [-0.4, -0.2) is 35.7 Å². The number of aliphatic hydroxyl groups is 1. The second-order valence-corrected chi connectivity index (χ2v) is 4.23. The largest absolute Gasteiger partial charge is 0.379 e. The second-order valence-electron chi connectivity index (χ2n) is 4.23. The van der Waals surface area contributed by atoms with Crippen LogP contribution in [0.1, 0.15) is 20.8 Å². The van der Waals surface area contributed by atoms with Crippen molar-refractivity contribution < 1.29 is 9.90 Å². The van der Waals surface area contributed by atoms with E-state index in [1.54, 1.807) is 0 Å². The Balaban J connectivity index is 2.67. The van der Waals surface area contributed by atoms with Gasteiger partial charge in [0.1, 0.15) is 0 Å². The van der Waals surface area contributed by atoms with Gasteiger partial charge in [-0.3, -0.25) is 4.79 Å². The van der Waals surface area contributed by atoms with Crippen molar-refractivity contribution in [3.05, 3.63) is 0 Å². The number of carbonyl (C=O) groups is 1. The van der Waals surface area contributed by atoms with Crippen molar-refractivity contribution in [1.82, 2.24) is 10.6 Å². The molecular formula is C9H18N2O2. The molecule has 0 aliphatic carbocycles. The summed E-state index contributed by atoms with van der Waals surface area (Å²) in [7, 11) is 0. The van der Waals surface area contributed by atoms with Crippen molar-refractivity contribution in [3.63, 3.8) is 0 Å². The number of β-amino-alcohol motifs (C(OH)–C–C–N with tert-alkyl or cyclic N) is 1. The summed E-state index contributed by atoms with van der Waals surface area (Å²) in [5.74, 6) is 0.0987. The number of nitrogens with one attached hydrogen (secondary N) is 2. The lowest BCUT2D eigenvalue weighted by Gasteiger charge is -2.21. The minimum atomic E-state index is -1.27. The maximum atomic E-state index is 11.4. The van der Waals surface area contributed by atoms with E-state index in [9.17, 15) is 9.90 Å². The SMILES string of the molecule is CC(C)[C@H]1CNC[C@@](C)(O)C(=O)N1. The van der Waals surface area contributed by atoms with E-state index in [4.69, 9.17) is 0 Å². The fraction of sp³-hybridized carbons (Fsp3) is 0.889. The molecule has 0 saturated carbocycles. The molecular weight excluding hydrogens is 168 g/mol. The zero-order valence-corrected chi connectivity index (χ0v) is 8.42. The summed E-state index contributed by atoms with van der Waals surface area (Å²) >= 11 is 0. The number of hydrogen-bond acceptors (Lipinski definition) is 3. The molecule has 3 N–H and O–H groups in total. The molecule has 0 aromatic heterocycles. The van der Waals surface area contributed by atoms with Gasteiger partial charge >= 0.3 is 0 Å². The van der Waals surface area contributed by atoms with Crippen LogP contribution in [0.4, 0.5) is 0 Å². The van der Waals surface area contributed by atoms with Crippen LogP contribution in [0, 0.1) is 5.92 Å². The van der Waals surface area contributed by atoms with Gasteiger partial charge in [0, 0.05) is 19.1 Å². The Morgan fingerprint density at radius 1 is 1.62 bits per heavy atom. The molecule has 0 spiro atoms. The van der Waals surface area contributed by atoms with Crippen LogP contribution in [-0.2, 0) is 4.79 Å². The Morgan fingerprint density at radius 2 is 2.23 bits per heavy atom. The molecule has 0 aromatic carbocycles. The minimum Gasteiger partial charge on any atom is -0.379 e. The van der Waals surface area contributed by atoms with Crippen molar-refractivity contribution in [1.29, 1.82) is 0 Å². The van der Waals surface area contributed by atoms with Crippen LogP contribution in [0.25, 0.3) is 0 Å². The third kappa shape index (κ3) is 2.42. The molecule has 1 rings (SSSR count). The lowest BCUT2D eigenvalue weighted by Crippen LogP contribution is -2.49. The Kier molecular flexibility index (Phi) is 2.93. The van der Waals surface area contributed by atoms with E-state index in [2.05, 4.69) is 10.6 Å². The van der Waals surface area contributed by atoms with Gasteiger partial charge in [0.25, 0.3) is 5.91 Å². The molecule has 1 amide bonds. The smallest absolute Gasteiger partial charge is 0.253 e. The van der Waals surface area contributed by atoms with E-state index < -0.39 is 5.60 Å². The fourth-order valence-electron chi connectivity index (χ4n) is 1.33. The second kappa shape index (κ2) is 3.64. The van der Waals surface area contributed by atoms with Crippen LogP contribution >= 0.6 is 0 Å². The van der Waals surface area contributed by atoms with Crippen molar-refractivity contribution >= 4 is 5.91 Å². The van der Waals surface area contributed by atoms with Crippen molar-refractivity contribution in [2.75, 3.05) is 13.1 Å². The maximum Gasteiger partial charge on any atom is 0.253 e. The van der Waals surface area contributed by atoms with E-state index in [-0.39, 0.29) is 11.9 Å². The first-order valence-electron chi connectivity index (χ1n) is 4.67. The van der Waals surface area contributed by atoms with Crippen LogP contribution in [0.2, 0.25) is 0 Å². The lowest BCUT2D eigenvalue weighted by molar-refractivity contribution is -0.137. The highest BCUT2D eigenvalue weighted by atomic mass is 16.3. The molecule has 0 bridgehead atoms. The normalized spacial score (nSPS) is 35.8. The molecule has 0 unspecified atom stereocenters. The predicted octanol–water partition coefficient (Wildman–Crippen LogP) is -0.519. The predicted molar refractivity (Wildman–Crippen MR) is 50.3 cm³/mol. The summed E-state index contributed by atoms with van der Waals surface area (Å²) in [6.45, 7) is 6.67. The molecule has 0 radical (unpaired) electrons. The summed E-state index contributed by atoms with van der Waals surface area (Å²) < 4.78 is 0. The Labute approximate surface area is 78.7 Å². The number of hydrogen-bond donors (Lipinski definition) is 3. The van der Waals surface area contributed by atoms with Gasteiger partial charge in [0.15, 0.2) is 5.60 Å². The topological polar surface area (TPSA) is 61.4 Å². The highest BCUT2D eigenvalue weighted by Crippen LogP contribution is 2.09. The highest BCUT2D eigenvalue weighted by molar-refractivity contribution is 5.85. The average molecular weight is 186 g/mol.